The van der Waals surface area contributed by atoms with Gasteiger partial charge in [-0.2, -0.15) is 0 Å². The molecule has 0 aliphatic carbocycles. The molecule has 0 unspecified atom stereocenters. The maximum absolute atomic E-state index is 9.07. The highest BCUT2D eigenvalue weighted by Gasteiger charge is 2.10. The molecule has 0 aliphatic rings. The number of aromatic nitrogens is 2. The quantitative estimate of drug-likeness (QED) is 0.881. The topological polar surface area (TPSA) is 56.5 Å². The van der Waals surface area contributed by atoms with Crippen LogP contribution in [0.25, 0.3) is 0 Å². The molecule has 2 rings (SSSR count). The van der Waals surface area contributed by atoms with Gasteiger partial charge in [-0.15, -0.1) is 0 Å². The van der Waals surface area contributed by atoms with Crippen molar-refractivity contribution in [3.63, 3.8) is 0 Å². The first-order valence-electron chi connectivity index (χ1n) is 5.75. The van der Waals surface area contributed by atoms with E-state index in [2.05, 4.69) is 4.98 Å². The number of rotatable bonds is 5. The highest BCUT2D eigenvalue weighted by molar-refractivity contribution is 5.44. The number of aryl methyl sites for hydroxylation is 1. The first-order chi connectivity index (χ1) is 8.78. The minimum Gasteiger partial charge on any atom is -0.493 e. The Labute approximate surface area is 106 Å². The van der Waals surface area contributed by atoms with Gasteiger partial charge in [0, 0.05) is 18.9 Å². The van der Waals surface area contributed by atoms with E-state index in [0.29, 0.717) is 17.5 Å². The number of methoxy groups -OCH3 is 1. The van der Waals surface area contributed by atoms with Crippen LogP contribution in [0.3, 0.4) is 0 Å². The Balaban J connectivity index is 2.28. The summed E-state index contributed by atoms with van der Waals surface area (Å²) in [6, 6.07) is 5.82. The zero-order valence-electron chi connectivity index (χ0n) is 10.5. The van der Waals surface area contributed by atoms with E-state index in [0.717, 1.165) is 12.1 Å². The molecule has 0 saturated heterocycles. The van der Waals surface area contributed by atoms with E-state index >= 15 is 0 Å². The summed E-state index contributed by atoms with van der Waals surface area (Å²) in [4.78, 5) is 4.14. The number of aliphatic hydroxyl groups excluding tert-OH is 1. The highest BCUT2D eigenvalue weighted by atomic mass is 16.5. The maximum atomic E-state index is 9.07. The van der Waals surface area contributed by atoms with E-state index in [1.54, 1.807) is 31.5 Å². The number of hydrogen-bond donors (Lipinski definition) is 1. The van der Waals surface area contributed by atoms with Crippen molar-refractivity contribution in [3.8, 4) is 17.5 Å². The van der Waals surface area contributed by atoms with Crippen molar-refractivity contribution in [1.29, 1.82) is 0 Å². The smallest absolute Gasteiger partial charge is 0.301 e. The second kappa shape index (κ2) is 5.55. The van der Waals surface area contributed by atoms with Gasteiger partial charge in [0.05, 0.1) is 13.7 Å². The number of nitrogens with zero attached hydrogens (tertiary/aromatic N) is 2. The van der Waals surface area contributed by atoms with Gasteiger partial charge in [0.1, 0.15) is 0 Å². The van der Waals surface area contributed by atoms with Gasteiger partial charge in [-0.25, -0.2) is 4.98 Å². The fourth-order valence-corrected chi connectivity index (χ4v) is 1.63. The average Bonchev–Trinajstić information content (AvgIpc) is 2.86. The molecule has 0 radical (unpaired) electrons. The molecule has 0 fully saturated rings. The first kappa shape index (κ1) is 12.4. The lowest BCUT2D eigenvalue weighted by atomic mass is 10.2. The molecule has 1 aromatic heterocycles. The van der Waals surface area contributed by atoms with Gasteiger partial charge in [-0.3, -0.25) is 0 Å². The summed E-state index contributed by atoms with van der Waals surface area (Å²) in [6.07, 6.45) is 3.54. The number of benzene rings is 1. The van der Waals surface area contributed by atoms with Crippen molar-refractivity contribution in [2.24, 2.45) is 0 Å². The van der Waals surface area contributed by atoms with Crippen LogP contribution in [-0.2, 0) is 13.2 Å². The zero-order chi connectivity index (χ0) is 13.0. The average molecular weight is 248 g/mol. The van der Waals surface area contributed by atoms with Crippen LogP contribution in [0.5, 0.6) is 17.5 Å². The minimum absolute atomic E-state index is 0.0276. The fraction of sp³-hybridized carbons (Fsp3) is 0.308. The third-order valence-electron chi connectivity index (χ3n) is 2.63. The van der Waals surface area contributed by atoms with Gasteiger partial charge in [-0.1, -0.05) is 6.07 Å². The molecule has 0 spiro atoms. The predicted molar refractivity (Wildman–Crippen MR) is 66.9 cm³/mol. The summed E-state index contributed by atoms with van der Waals surface area (Å²) in [5.74, 6) is 1.16. The van der Waals surface area contributed by atoms with Crippen LogP contribution in [0, 0.1) is 0 Å². The van der Waals surface area contributed by atoms with Crippen molar-refractivity contribution >= 4 is 0 Å². The fourth-order valence-electron chi connectivity index (χ4n) is 1.63. The molecule has 2 aromatic rings. The van der Waals surface area contributed by atoms with E-state index in [1.807, 2.05) is 17.7 Å². The lowest BCUT2D eigenvalue weighted by molar-refractivity contribution is 0.280. The van der Waals surface area contributed by atoms with E-state index in [9.17, 15) is 0 Å². The summed E-state index contributed by atoms with van der Waals surface area (Å²) in [5, 5.41) is 9.07. The Bertz CT molecular complexity index is 523. The number of ether oxygens (including phenoxy) is 2. The third-order valence-corrected chi connectivity index (χ3v) is 2.63. The van der Waals surface area contributed by atoms with Crippen LogP contribution < -0.4 is 9.47 Å². The van der Waals surface area contributed by atoms with Gasteiger partial charge in [-0.05, 0) is 24.6 Å². The molecule has 0 atom stereocenters. The van der Waals surface area contributed by atoms with Gasteiger partial charge in [0.2, 0.25) is 0 Å². The molecule has 0 bridgehead atoms. The summed E-state index contributed by atoms with van der Waals surface area (Å²) < 4.78 is 12.8. The first-order valence-corrected chi connectivity index (χ1v) is 5.75. The van der Waals surface area contributed by atoms with Crippen molar-refractivity contribution in [1.82, 2.24) is 9.55 Å². The van der Waals surface area contributed by atoms with E-state index in [1.165, 1.54) is 0 Å². The van der Waals surface area contributed by atoms with E-state index < -0.39 is 0 Å². The Kier molecular flexibility index (Phi) is 3.84. The lowest BCUT2D eigenvalue weighted by Gasteiger charge is -2.11. The van der Waals surface area contributed by atoms with Crippen molar-refractivity contribution in [3.05, 3.63) is 36.2 Å². The molecule has 18 heavy (non-hydrogen) atoms. The maximum Gasteiger partial charge on any atom is 0.301 e. The van der Waals surface area contributed by atoms with Crippen molar-refractivity contribution < 1.29 is 14.6 Å². The second-order valence-corrected chi connectivity index (χ2v) is 3.74. The molecule has 1 heterocycles. The number of hydrogen-bond acceptors (Lipinski definition) is 4. The molecule has 0 aliphatic heterocycles. The molecule has 96 valence electrons. The summed E-state index contributed by atoms with van der Waals surface area (Å²) in [6.45, 7) is 2.77. The molecule has 5 heteroatoms. The standard InChI is InChI=1S/C13H16N2O3/c1-3-15-7-6-14-13(15)18-11-5-4-10(9-16)8-12(11)17-2/h4-8,16H,3,9H2,1-2H3. The molecule has 0 amide bonds. The summed E-state index contributed by atoms with van der Waals surface area (Å²) in [7, 11) is 1.57. The van der Waals surface area contributed by atoms with Crippen LogP contribution in [-0.4, -0.2) is 21.8 Å². The van der Waals surface area contributed by atoms with Gasteiger partial charge >= 0.3 is 6.01 Å². The van der Waals surface area contributed by atoms with Crippen molar-refractivity contribution in [2.75, 3.05) is 7.11 Å². The third kappa shape index (κ3) is 2.46. The molecular weight excluding hydrogens is 232 g/mol. The normalized spacial score (nSPS) is 10.4. The lowest BCUT2D eigenvalue weighted by Crippen LogP contribution is -1.99. The van der Waals surface area contributed by atoms with Crippen LogP contribution in [0.1, 0.15) is 12.5 Å². The summed E-state index contributed by atoms with van der Waals surface area (Å²) in [5.41, 5.74) is 0.776. The summed E-state index contributed by atoms with van der Waals surface area (Å²) >= 11 is 0. The van der Waals surface area contributed by atoms with Gasteiger partial charge in [0.25, 0.3) is 0 Å². The van der Waals surface area contributed by atoms with Crippen LogP contribution in [0.2, 0.25) is 0 Å². The minimum atomic E-state index is -0.0276. The SMILES string of the molecule is CCn1ccnc1Oc1ccc(CO)cc1OC. The Morgan fingerprint density at radius 3 is 2.83 bits per heavy atom. The Morgan fingerprint density at radius 2 is 2.17 bits per heavy atom. The predicted octanol–water partition coefficient (Wildman–Crippen LogP) is 2.20. The number of imidazole rings is 1. The monoisotopic (exact) mass is 248 g/mol. The van der Waals surface area contributed by atoms with E-state index in [-0.39, 0.29) is 6.61 Å². The Morgan fingerprint density at radius 1 is 1.33 bits per heavy atom. The molecule has 1 N–H and O–H groups in total. The van der Waals surface area contributed by atoms with Crippen molar-refractivity contribution in [2.45, 2.75) is 20.1 Å². The highest BCUT2D eigenvalue weighted by Crippen LogP contribution is 2.31. The van der Waals surface area contributed by atoms with Crippen LogP contribution in [0.4, 0.5) is 0 Å². The van der Waals surface area contributed by atoms with Gasteiger partial charge < -0.3 is 19.1 Å². The molecule has 0 saturated carbocycles. The van der Waals surface area contributed by atoms with Gasteiger partial charge in [0.15, 0.2) is 11.5 Å². The molecule has 5 nitrogen and oxygen atoms in total. The molecular formula is C13H16N2O3. The Hall–Kier alpha value is -2.01. The zero-order valence-corrected chi connectivity index (χ0v) is 10.5. The second-order valence-electron chi connectivity index (χ2n) is 3.74. The van der Waals surface area contributed by atoms with E-state index in [4.69, 9.17) is 14.6 Å². The number of aliphatic hydroxyl groups is 1. The van der Waals surface area contributed by atoms with Crippen LogP contribution in [0.15, 0.2) is 30.6 Å². The largest absolute Gasteiger partial charge is 0.493 e. The molecule has 1 aromatic carbocycles. The van der Waals surface area contributed by atoms with Crippen LogP contribution >= 0.6 is 0 Å².